The van der Waals surface area contributed by atoms with Gasteiger partial charge < -0.3 is 9.88 Å². The fourth-order valence-electron chi connectivity index (χ4n) is 4.67. The Morgan fingerprint density at radius 1 is 1.31 bits per heavy atom. The first-order valence-electron chi connectivity index (χ1n) is 11.4. The first-order chi connectivity index (χ1) is 15.4. The maximum Gasteiger partial charge on any atom is 0.239 e. The SMILES string of the molecule is Cc1c(C#N)c(NC(=O)CN(C)C(C)c2nc3ccccc3s2)n(C2CCCCC2)c1C. The van der Waals surface area contributed by atoms with E-state index in [1.165, 1.54) is 19.3 Å². The van der Waals surface area contributed by atoms with Gasteiger partial charge >= 0.3 is 0 Å². The Morgan fingerprint density at radius 3 is 2.72 bits per heavy atom. The Balaban J connectivity index is 1.52. The molecule has 0 aliphatic heterocycles. The highest BCUT2D eigenvalue weighted by molar-refractivity contribution is 7.18. The van der Waals surface area contributed by atoms with Gasteiger partial charge in [-0.05, 0) is 58.4 Å². The minimum atomic E-state index is -0.105. The summed E-state index contributed by atoms with van der Waals surface area (Å²) < 4.78 is 3.36. The van der Waals surface area contributed by atoms with Crippen molar-refractivity contribution in [3.8, 4) is 6.07 Å². The van der Waals surface area contributed by atoms with Crippen molar-refractivity contribution in [2.75, 3.05) is 18.9 Å². The molecule has 168 valence electrons. The molecule has 1 aromatic carbocycles. The number of thiazole rings is 1. The minimum Gasteiger partial charge on any atom is -0.327 e. The van der Waals surface area contributed by atoms with Crippen molar-refractivity contribution in [2.45, 2.75) is 65.0 Å². The molecule has 1 atom stereocenters. The third kappa shape index (κ3) is 4.30. The number of hydrogen-bond acceptors (Lipinski definition) is 5. The third-order valence-corrected chi connectivity index (χ3v) is 7.99. The Morgan fingerprint density at radius 2 is 2.03 bits per heavy atom. The van der Waals surface area contributed by atoms with Crippen LogP contribution in [0.25, 0.3) is 10.2 Å². The van der Waals surface area contributed by atoms with Gasteiger partial charge in [-0.1, -0.05) is 31.4 Å². The number of carbonyl (C=O) groups excluding carboxylic acids is 1. The fraction of sp³-hybridized carbons (Fsp3) is 0.480. The molecule has 0 spiro atoms. The molecule has 7 heteroatoms. The van der Waals surface area contributed by atoms with E-state index in [1.807, 2.05) is 37.1 Å². The molecule has 0 radical (unpaired) electrons. The molecule has 4 rings (SSSR count). The van der Waals surface area contributed by atoms with Crippen LogP contribution in [0, 0.1) is 25.2 Å². The molecule has 0 saturated heterocycles. The van der Waals surface area contributed by atoms with Crippen molar-refractivity contribution in [3.05, 3.63) is 46.1 Å². The van der Waals surface area contributed by atoms with E-state index in [9.17, 15) is 10.1 Å². The third-order valence-electron chi connectivity index (χ3n) is 6.79. The number of amides is 1. The predicted octanol–water partition coefficient (Wildman–Crippen LogP) is 5.72. The van der Waals surface area contributed by atoms with Gasteiger partial charge in [-0.3, -0.25) is 9.69 Å². The maximum atomic E-state index is 13.1. The van der Waals surface area contributed by atoms with E-state index in [-0.39, 0.29) is 18.5 Å². The number of carbonyl (C=O) groups is 1. The summed E-state index contributed by atoms with van der Waals surface area (Å²) in [6.45, 7) is 6.34. The van der Waals surface area contributed by atoms with Crippen LogP contribution in [-0.4, -0.2) is 34.0 Å². The fourth-order valence-corrected chi connectivity index (χ4v) is 5.76. The van der Waals surface area contributed by atoms with E-state index in [0.717, 1.165) is 39.3 Å². The lowest BCUT2D eigenvalue weighted by atomic mass is 9.95. The molecular weight excluding hydrogens is 418 g/mol. The average Bonchev–Trinajstić information content (AvgIpc) is 3.32. The van der Waals surface area contributed by atoms with Gasteiger partial charge in [0.05, 0.1) is 28.4 Å². The van der Waals surface area contributed by atoms with E-state index in [2.05, 4.69) is 35.9 Å². The van der Waals surface area contributed by atoms with Gasteiger partial charge in [-0.2, -0.15) is 5.26 Å². The summed E-state index contributed by atoms with van der Waals surface area (Å²) in [6.07, 6.45) is 5.84. The summed E-state index contributed by atoms with van der Waals surface area (Å²) in [7, 11) is 1.94. The molecule has 1 N–H and O–H groups in total. The van der Waals surface area contributed by atoms with Crippen molar-refractivity contribution in [3.63, 3.8) is 0 Å². The number of benzene rings is 1. The molecule has 1 amide bonds. The Labute approximate surface area is 193 Å². The number of nitrogens with zero attached hydrogens (tertiary/aromatic N) is 4. The molecule has 1 aliphatic rings. The van der Waals surface area contributed by atoms with Crippen molar-refractivity contribution < 1.29 is 4.79 Å². The van der Waals surface area contributed by atoms with Crippen LogP contribution in [0.15, 0.2) is 24.3 Å². The molecule has 3 aromatic rings. The summed E-state index contributed by atoms with van der Waals surface area (Å²) in [5.74, 6) is 0.562. The molecule has 1 saturated carbocycles. The standard InChI is InChI=1S/C25H31N5OS/c1-16-17(2)30(19-10-6-5-7-11-19)24(20(16)14-26)28-23(31)15-29(4)18(3)25-27-21-12-8-9-13-22(21)32-25/h8-9,12-13,18-19H,5-7,10-11,15H2,1-4H3,(H,28,31). The number of aromatic nitrogens is 2. The van der Waals surface area contributed by atoms with Crippen LogP contribution in [-0.2, 0) is 4.79 Å². The number of nitrogens with one attached hydrogen (secondary N) is 1. The molecular formula is C25H31N5OS. The summed E-state index contributed by atoms with van der Waals surface area (Å²) in [5.41, 5.74) is 3.62. The van der Waals surface area contributed by atoms with Gasteiger partial charge in [0.25, 0.3) is 0 Å². The molecule has 1 unspecified atom stereocenters. The maximum absolute atomic E-state index is 13.1. The van der Waals surface area contributed by atoms with Gasteiger partial charge in [0.2, 0.25) is 5.91 Å². The summed E-state index contributed by atoms with van der Waals surface area (Å²) in [6, 6.07) is 10.8. The van der Waals surface area contributed by atoms with Crippen LogP contribution >= 0.6 is 11.3 Å². The summed E-state index contributed by atoms with van der Waals surface area (Å²) in [5, 5.41) is 13.9. The normalized spacial score (nSPS) is 15.8. The van der Waals surface area contributed by atoms with Crippen LogP contribution in [0.1, 0.15) is 72.9 Å². The molecule has 1 fully saturated rings. The topological polar surface area (TPSA) is 74.0 Å². The van der Waals surface area contributed by atoms with Gasteiger partial charge in [-0.25, -0.2) is 4.98 Å². The van der Waals surface area contributed by atoms with E-state index in [0.29, 0.717) is 17.4 Å². The minimum absolute atomic E-state index is 0.0159. The van der Waals surface area contributed by atoms with E-state index >= 15 is 0 Å². The number of para-hydroxylation sites is 1. The predicted molar refractivity (Wildman–Crippen MR) is 130 cm³/mol. The van der Waals surface area contributed by atoms with Crippen molar-refractivity contribution in [2.24, 2.45) is 0 Å². The monoisotopic (exact) mass is 449 g/mol. The molecule has 2 aromatic heterocycles. The average molecular weight is 450 g/mol. The zero-order valence-corrected chi connectivity index (χ0v) is 20.1. The second-order valence-corrected chi connectivity index (χ2v) is 9.93. The number of hydrogen-bond donors (Lipinski definition) is 1. The number of anilines is 1. The molecule has 0 bridgehead atoms. The van der Waals surface area contributed by atoms with Gasteiger partial charge in [0.1, 0.15) is 16.9 Å². The lowest BCUT2D eigenvalue weighted by Crippen LogP contribution is -2.33. The van der Waals surface area contributed by atoms with Gasteiger partial charge in [-0.15, -0.1) is 11.3 Å². The quantitative estimate of drug-likeness (QED) is 0.522. The van der Waals surface area contributed by atoms with Crippen molar-refractivity contribution >= 4 is 33.3 Å². The zero-order valence-electron chi connectivity index (χ0n) is 19.3. The first-order valence-corrected chi connectivity index (χ1v) is 12.2. The van der Waals surface area contributed by atoms with Crippen LogP contribution in [0.5, 0.6) is 0 Å². The second-order valence-electron chi connectivity index (χ2n) is 8.87. The van der Waals surface area contributed by atoms with Crippen LogP contribution in [0.2, 0.25) is 0 Å². The highest BCUT2D eigenvalue weighted by Gasteiger charge is 2.26. The first kappa shape index (κ1) is 22.5. The number of fused-ring (bicyclic) bond motifs is 1. The Bertz CT molecular complexity index is 1130. The highest BCUT2D eigenvalue weighted by atomic mass is 32.1. The molecule has 32 heavy (non-hydrogen) atoms. The number of rotatable bonds is 6. The van der Waals surface area contributed by atoms with E-state index in [1.54, 1.807) is 11.3 Å². The molecule has 1 aliphatic carbocycles. The largest absolute Gasteiger partial charge is 0.327 e. The Kier molecular flexibility index (Phi) is 6.63. The van der Waals surface area contributed by atoms with Gasteiger partial charge in [0, 0.05) is 11.7 Å². The van der Waals surface area contributed by atoms with E-state index < -0.39 is 0 Å². The van der Waals surface area contributed by atoms with Crippen LogP contribution in [0.4, 0.5) is 5.82 Å². The van der Waals surface area contributed by atoms with Gasteiger partial charge in [0.15, 0.2) is 0 Å². The molecule has 6 nitrogen and oxygen atoms in total. The second kappa shape index (κ2) is 9.43. The Hall–Kier alpha value is -2.69. The van der Waals surface area contributed by atoms with Crippen molar-refractivity contribution in [1.29, 1.82) is 5.26 Å². The summed E-state index contributed by atoms with van der Waals surface area (Å²) in [4.78, 5) is 19.8. The summed E-state index contributed by atoms with van der Waals surface area (Å²) >= 11 is 1.67. The van der Waals surface area contributed by atoms with Crippen LogP contribution < -0.4 is 5.32 Å². The zero-order chi connectivity index (χ0) is 22.8. The lowest BCUT2D eigenvalue weighted by Gasteiger charge is -2.27. The highest BCUT2D eigenvalue weighted by Crippen LogP contribution is 2.37. The number of nitriles is 1. The molecule has 2 heterocycles. The van der Waals surface area contributed by atoms with Crippen LogP contribution in [0.3, 0.4) is 0 Å². The number of likely N-dealkylation sites (N-methyl/N-ethyl adjacent to an activating group) is 1. The van der Waals surface area contributed by atoms with Crippen molar-refractivity contribution in [1.82, 2.24) is 14.5 Å². The lowest BCUT2D eigenvalue weighted by molar-refractivity contribution is -0.117. The smallest absolute Gasteiger partial charge is 0.239 e. The van der Waals surface area contributed by atoms with E-state index in [4.69, 9.17) is 4.98 Å².